The van der Waals surface area contributed by atoms with Crippen LogP contribution in [-0.4, -0.2) is 9.79 Å². The summed E-state index contributed by atoms with van der Waals surface area (Å²) in [6.45, 7) is 2.07. The lowest BCUT2D eigenvalue weighted by molar-refractivity contribution is 0.380. The molecule has 0 unspecified atom stereocenters. The zero-order valence-corrected chi connectivity index (χ0v) is 6.02. The summed E-state index contributed by atoms with van der Waals surface area (Å²) < 4.78 is 22.1. The molecule has 3 nitrogen and oxygen atoms in total. The van der Waals surface area contributed by atoms with E-state index in [4.69, 9.17) is 9.79 Å². The van der Waals surface area contributed by atoms with Crippen molar-refractivity contribution in [3.63, 3.8) is 0 Å². The number of halogens is 1. The van der Waals surface area contributed by atoms with Crippen LogP contribution < -0.4 is 0 Å². The summed E-state index contributed by atoms with van der Waals surface area (Å²) in [5.74, 6) is -0.816. The van der Waals surface area contributed by atoms with E-state index >= 15 is 0 Å². The van der Waals surface area contributed by atoms with E-state index < -0.39 is 18.7 Å². The van der Waals surface area contributed by atoms with Crippen molar-refractivity contribution in [2.75, 3.05) is 0 Å². The fraction of sp³-hybridized carbons (Fsp3) is 0.500. The van der Waals surface area contributed by atoms with Crippen molar-refractivity contribution in [2.45, 2.75) is 13.8 Å². The van der Waals surface area contributed by atoms with Gasteiger partial charge in [-0.3, -0.25) is 4.57 Å². The Hall–Kier alpha value is -0.180. The van der Waals surface area contributed by atoms with E-state index in [1.165, 1.54) is 0 Å². The molecule has 0 bridgehead atoms. The van der Waals surface area contributed by atoms with Crippen LogP contribution in [0.3, 0.4) is 0 Å². The molecule has 54 valence electrons. The standard InChI is InChI=1S/C4H8FO3P/c1-3(5)4(2)9(6,7)8/h1-2H3,(H2,6,7,8). The first kappa shape index (κ1) is 8.82. The molecule has 0 aliphatic carbocycles. The summed E-state index contributed by atoms with van der Waals surface area (Å²) in [4.78, 5) is 16.5. The highest BCUT2D eigenvalue weighted by Crippen LogP contribution is 2.46. The first-order valence-corrected chi connectivity index (χ1v) is 3.86. The van der Waals surface area contributed by atoms with Crippen LogP contribution in [0.5, 0.6) is 0 Å². The van der Waals surface area contributed by atoms with E-state index in [9.17, 15) is 8.96 Å². The largest absolute Gasteiger partial charge is 0.354 e. The fourth-order valence-electron chi connectivity index (χ4n) is 0.201. The van der Waals surface area contributed by atoms with Crippen molar-refractivity contribution in [3.05, 3.63) is 11.1 Å². The van der Waals surface area contributed by atoms with Gasteiger partial charge in [0.1, 0.15) is 5.83 Å². The van der Waals surface area contributed by atoms with E-state index in [0.29, 0.717) is 0 Å². The Balaban J connectivity index is 4.62. The van der Waals surface area contributed by atoms with Crippen LogP contribution >= 0.6 is 7.60 Å². The van der Waals surface area contributed by atoms with Crippen LogP contribution in [0, 0.1) is 0 Å². The molecule has 0 spiro atoms. The number of rotatable bonds is 1. The predicted molar refractivity (Wildman–Crippen MR) is 31.5 cm³/mol. The number of hydrogen-bond acceptors (Lipinski definition) is 1. The third-order valence-corrected chi connectivity index (χ3v) is 2.12. The minimum Gasteiger partial charge on any atom is -0.321 e. The van der Waals surface area contributed by atoms with E-state index in [1.807, 2.05) is 0 Å². The topological polar surface area (TPSA) is 57.5 Å². The van der Waals surface area contributed by atoms with E-state index in [0.717, 1.165) is 13.8 Å². The third-order valence-electron chi connectivity index (χ3n) is 0.935. The lowest BCUT2D eigenvalue weighted by Gasteiger charge is -2.01. The number of hydrogen-bond donors (Lipinski definition) is 2. The van der Waals surface area contributed by atoms with Gasteiger partial charge in [0.2, 0.25) is 0 Å². The highest BCUT2D eigenvalue weighted by molar-refractivity contribution is 7.56. The van der Waals surface area contributed by atoms with Gasteiger partial charge >= 0.3 is 7.60 Å². The maximum absolute atomic E-state index is 12.0. The minimum atomic E-state index is -4.31. The fourth-order valence-corrected chi connectivity index (χ4v) is 0.602. The van der Waals surface area contributed by atoms with E-state index in [1.54, 1.807) is 0 Å². The van der Waals surface area contributed by atoms with Gasteiger partial charge in [-0.25, -0.2) is 4.39 Å². The molecule has 0 aliphatic rings. The van der Waals surface area contributed by atoms with E-state index in [-0.39, 0.29) is 0 Å². The normalized spacial score (nSPS) is 15.2. The van der Waals surface area contributed by atoms with Gasteiger partial charge in [0.05, 0.1) is 5.31 Å². The molecule has 0 rings (SSSR count). The molecule has 0 aromatic heterocycles. The predicted octanol–water partition coefficient (Wildman–Crippen LogP) is 1.39. The summed E-state index contributed by atoms with van der Waals surface area (Å²) in [7, 11) is -4.31. The molecule has 9 heavy (non-hydrogen) atoms. The van der Waals surface area contributed by atoms with Crippen molar-refractivity contribution in [1.29, 1.82) is 0 Å². The Morgan fingerprint density at radius 2 is 1.78 bits per heavy atom. The lowest BCUT2D eigenvalue weighted by Crippen LogP contribution is -1.81. The summed E-state index contributed by atoms with van der Waals surface area (Å²) in [5, 5.41) is -0.498. The average Bonchev–Trinajstić information content (AvgIpc) is 1.62. The molecule has 2 N–H and O–H groups in total. The van der Waals surface area contributed by atoms with Crippen molar-refractivity contribution in [2.24, 2.45) is 0 Å². The van der Waals surface area contributed by atoms with Crippen LogP contribution in [0.2, 0.25) is 0 Å². The summed E-state index contributed by atoms with van der Waals surface area (Å²) >= 11 is 0. The molecule has 0 atom stereocenters. The van der Waals surface area contributed by atoms with Gasteiger partial charge in [0.25, 0.3) is 0 Å². The molecule has 0 aliphatic heterocycles. The Bertz CT molecular complexity index is 176. The zero-order valence-electron chi connectivity index (χ0n) is 5.13. The van der Waals surface area contributed by atoms with Gasteiger partial charge in [-0.05, 0) is 13.8 Å². The Kier molecular flexibility index (Phi) is 2.55. The molecule has 0 aromatic carbocycles. The second-order valence-electron chi connectivity index (χ2n) is 1.66. The summed E-state index contributed by atoms with van der Waals surface area (Å²) in [6.07, 6.45) is 0. The second-order valence-corrected chi connectivity index (χ2v) is 3.42. The second kappa shape index (κ2) is 2.60. The van der Waals surface area contributed by atoms with Crippen molar-refractivity contribution in [1.82, 2.24) is 0 Å². The molecule has 0 amide bonds. The van der Waals surface area contributed by atoms with Gasteiger partial charge in [0, 0.05) is 0 Å². The summed E-state index contributed by atoms with van der Waals surface area (Å²) in [5.41, 5.74) is 0. The average molecular weight is 154 g/mol. The Morgan fingerprint density at radius 3 is 1.78 bits per heavy atom. The maximum atomic E-state index is 12.0. The molecular weight excluding hydrogens is 146 g/mol. The van der Waals surface area contributed by atoms with Crippen LogP contribution in [-0.2, 0) is 4.57 Å². The van der Waals surface area contributed by atoms with Crippen molar-refractivity contribution >= 4 is 7.60 Å². The Morgan fingerprint density at radius 1 is 1.44 bits per heavy atom. The molecule has 0 fully saturated rings. The molecule has 0 aromatic rings. The highest BCUT2D eigenvalue weighted by atomic mass is 31.2. The van der Waals surface area contributed by atoms with Crippen LogP contribution in [0.1, 0.15) is 13.8 Å². The lowest BCUT2D eigenvalue weighted by atomic mass is 10.5. The van der Waals surface area contributed by atoms with E-state index in [2.05, 4.69) is 0 Å². The van der Waals surface area contributed by atoms with Crippen LogP contribution in [0.4, 0.5) is 4.39 Å². The first-order chi connectivity index (χ1) is 3.85. The Labute approximate surface area is 52.4 Å². The minimum absolute atomic E-state index is 0.498. The SMILES string of the molecule is CC(F)=C(C)P(=O)(O)O. The smallest absolute Gasteiger partial charge is 0.321 e. The number of allylic oxidation sites excluding steroid dienone is 2. The van der Waals surface area contributed by atoms with Gasteiger partial charge < -0.3 is 9.79 Å². The van der Waals surface area contributed by atoms with Crippen LogP contribution in [0.25, 0.3) is 0 Å². The maximum Gasteiger partial charge on any atom is 0.354 e. The van der Waals surface area contributed by atoms with Crippen molar-refractivity contribution < 1.29 is 18.7 Å². The molecular formula is C4H8FO3P. The molecule has 5 heteroatoms. The highest BCUT2D eigenvalue weighted by Gasteiger charge is 2.18. The molecule has 0 radical (unpaired) electrons. The van der Waals surface area contributed by atoms with Gasteiger partial charge in [-0.1, -0.05) is 0 Å². The zero-order chi connectivity index (χ0) is 7.65. The van der Waals surface area contributed by atoms with Gasteiger partial charge in [0.15, 0.2) is 0 Å². The molecule has 0 saturated heterocycles. The quantitative estimate of drug-likeness (QED) is 0.561. The first-order valence-electron chi connectivity index (χ1n) is 2.25. The third kappa shape index (κ3) is 2.75. The van der Waals surface area contributed by atoms with Gasteiger partial charge in [-0.2, -0.15) is 0 Å². The molecule has 0 heterocycles. The van der Waals surface area contributed by atoms with Gasteiger partial charge in [-0.15, -0.1) is 0 Å². The monoisotopic (exact) mass is 154 g/mol. The van der Waals surface area contributed by atoms with Crippen molar-refractivity contribution in [3.8, 4) is 0 Å². The molecule has 0 saturated carbocycles. The summed E-state index contributed by atoms with van der Waals surface area (Å²) in [6, 6.07) is 0. The van der Waals surface area contributed by atoms with Crippen LogP contribution in [0.15, 0.2) is 11.1 Å².